The maximum Gasteiger partial charge on any atom is 0.306 e. The summed E-state index contributed by atoms with van der Waals surface area (Å²) in [5, 5.41) is 2.94. The molecule has 7 atom stereocenters. The normalized spacial score (nSPS) is 32.9. The van der Waals surface area contributed by atoms with Gasteiger partial charge in [0.05, 0.1) is 28.7 Å². The van der Waals surface area contributed by atoms with E-state index < -0.39 is 62.1 Å². The van der Waals surface area contributed by atoms with Crippen LogP contribution in [0.4, 0.5) is 0 Å². The van der Waals surface area contributed by atoms with E-state index in [4.69, 9.17) is 19.4 Å². The van der Waals surface area contributed by atoms with Gasteiger partial charge in [0.25, 0.3) is 5.91 Å². The van der Waals surface area contributed by atoms with Crippen LogP contribution in [0.15, 0.2) is 36.4 Å². The first-order valence-corrected chi connectivity index (χ1v) is 21.4. The van der Waals surface area contributed by atoms with E-state index >= 15 is 0 Å². The first-order chi connectivity index (χ1) is 25.9. The molecule has 3 aliphatic heterocycles. The molecule has 14 heteroatoms. The Morgan fingerprint density at radius 2 is 1.72 bits per heavy atom. The van der Waals surface area contributed by atoms with Crippen LogP contribution in [0.2, 0.25) is 0 Å². The number of para-hydroxylation sites is 2. The van der Waals surface area contributed by atoms with Gasteiger partial charge in [-0.1, -0.05) is 50.0 Å². The lowest BCUT2D eigenvalue weighted by atomic mass is 9.95. The molecule has 3 bridgehead atoms. The Morgan fingerprint density at radius 3 is 2.52 bits per heavy atom. The number of sulfonamides is 1. The second-order valence-corrected chi connectivity index (χ2v) is 18.9. The minimum atomic E-state index is -3.97. The molecule has 0 radical (unpaired) electrons. The molecular weight excluding hydrogens is 711 g/mol. The number of aryl methyl sites for hydroxylation is 1. The summed E-state index contributed by atoms with van der Waals surface area (Å²) in [4.78, 5) is 67.6. The Kier molecular flexibility index (Phi) is 9.93. The van der Waals surface area contributed by atoms with Crippen LogP contribution < -0.4 is 14.8 Å². The van der Waals surface area contributed by atoms with Gasteiger partial charge in [0, 0.05) is 18.3 Å². The fraction of sp³-hybridized carbons (Fsp3) is 0.650. The number of benzene rings is 1. The van der Waals surface area contributed by atoms with E-state index in [2.05, 4.69) is 10.0 Å². The first kappa shape index (κ1) is 36.9. The predicted octanol–water partition coefficient (Wildman–Crippen LogP) is 4.43. The number of esters is 1. The summed E-state index contributed by atoms with van der Waals surface area (Å²) in [6.45, 7) is 1.67. The molecular formula is C40H51N5O8S. The Bertz CT molecular complexity index is 1970. The highest BCUT2D eigenvalue weighted by Gasteiger charge is 2.63. The van der Waals surface area contributed by atoms with Crippen LogP contribution in [0.3, 0.4) is 0 Å². The third kappa shape index (κ3) is 7.59. The maximum absolute atomic E-state index is 14.6. The third-order valence-corrected chi connectivity index (χ3v) is 14.7. The minimum Gasteiger partial charge on any atom is -0.471 e. The van der Waals surface area contributed by atoms with E-state index in [1.54, 1.807) is 6.92 Å². The zero-order valence-corrected chi connectivity index (χ0v) is 31.8. The van der Waals surface area contributed by atoms with Crippen molar-refractivity contribution in [1.29, 1.82) is 0 Å². The highest BCUT2D eigenvalue weighted by atomic mass is 32.2. The van der Waals surface area contributed by atoms with Gasteiger partial charge in [-0.15, -0.1) is 0 Å². The lowest BCUT2D eigenvalue weighted by Gasteiger charge is -2.29. The molecule has 3 saturated carbocycles. The van der Waals surface area contributed by atoms with Crippen molar-refractivity contribution >= 4 is 44.7 Å². The van der Waals surface area contributed by atoms with Gasteiger partial charge in [0.1, 0.15) is 29.5 Å². The second-order valence-electron chi connectivity index (χ2n) is 16.7. The van der Waals surface area contributed by atoms with Crippen molar-refractivity contribution in [3.8, 4) is 5.88 Å². The molecule has 2 aromatic rings. The highest BCUT2D eigenvalue weighted by molar-refractivity contribution is 7.91. The second kappa shape index (κ2) is 14.5. The zero-order chi connectivity index (χ0) is 37.7. The number of ether oxygens (including phenoxy) is 2. The number of hydrogen-bond acceptors (Lipinski definition) is 10. The van der Waals surface area contributed by atoms with Gasteiger partial charge in [-0.25, -0.2) is 18.4 Å². The number of fused-ring (bicyclic) bond motifs is 6. The lowest BCUT2D eigenvalue weighted by Crippen LogP contribution is -2.57. The van der Waals surface area contributed by atoms with Crippen molar-refractivity contribution in [2.75, 3.05) is 6.54 Å². The molecule has 0 spiro atoms. The van der Waals surface area contributed by atoms with Crippen LogP contribution in [0.5, 0.6) is 5.88 Å². The Labute approximate surface area is 316 Å². The van der Waals surface area contributed by atoms with E-state index in [0.29, 0.717) is 43.0 Å². The topological polar surface area (TPSA) is 174 Å². The Morgan fingerprint density at radius 1 is 0.963 bits per heavy atom. The molecule has 1 aromatic carbocycles. The molecule has 4 heterocycles. The van der Waals surface area contributed by atoms with Gasteiger partial charge in [-0.3, -0.25) is 23.9 Å². The standard InChI is InChI=1S/C40H51N5O8S/c1-39(18-19-39)54(50,51)44-38(49)40-23-27(40)14-8-4-2-3-6-13-26-21-34(46)53-33-20-25(33)12-7-5-9-17-31-36(42-30-16-11-10-15-29(30)41-31)52-28-22-32(35(47)43-40)45(24-28)37(26)48/h8,10-11,14-16,25-28,32-33H,2-7,9,12-13,17-24H2,1H3,(H,43,47)(H,44,49)/t25-,26-,27-,28-,32+,33-,40-/m1/s1. The van der Waals surface area contributed by atoms with Gasteiger partial charge in [-0.05, 0) is 89.2 Å². The predicted molar refractivity (Wildman–Crippen MR) is 198 cm³/mol. The monoisotopic (exact) mass is 761 g/mol. The molecule has 6 aliphatic rings. The van der Waals surface area contributed by atoms with Crippen molar-refractivity contribution in [2.45, 2.75) is 138 Å². The molecule has 1 saturated heterocycles. The molecule has 13 nitrogen and oxygen atoms in total. The third-order valence-electron chi connectivity index (χ3n) is 12.5. The van der Waals surface area contributed by atoms with E-state index in [0.717, 1.165) is 69.0 Å². The quantitative estimate of drug-likeness (QED) is 0.337. The molecule has 3 amide bonds. The summed E-state index contributed by atoms with van der Waals surface area (Å²) in [6.07, 6.45) is 13.2. The van der Waals surface area contributed by atoms with Crippen LogP contribution in [-0.2, 0) is 40.4 Å². The number of nitrogens with one attached hydrogen (secondary N) is 2. The molecule has 4 fully saturated rings. The maximum atomic E-state index is 14.6. The van der Waals surface area contributed by atoms with Crippen LogP contribution in [0.1, 0.15) is 109 Å². The van der Waals surface area contributed by atoms with E-state index in [9.17, 15) is 27.6 Å². The summed E-state index contributed by atoms with van der Waals surface area (Å²) in [7, 11) is -3.97. The fourth-order valence-corrected chi connectivity index (χ4v) is 9.79. The summed E-state index contributed by atoms with van der Waals surface area (Å²) in [5.74, 6) is -2.46. The van der Waals surface area contributed by atoms with Crippen molar-refractivity contribution < 1.29 is 37.1 Å². The average Bonchev–Trinajstić information content (AvgIpc) is 4.10. The largest absolute Gasteiger partial charge is 0.471 e. The number of carbonyl (C=O) groups is 4. The SMILES string of the molecule is CC1(S(=O)(=O)NC(=O)[C@@]23C[C@H]2C=CCCCCC[C@@H]2CC(=O)O[C@@H]4C[C@H]4CCCCCc4nc5ccccc5nc4O[C@@H]4C[C@@H](C(=O)N3)N(C4)C2=O)CC1. The van der Waals surface area contributed by atoms with Crippen LogP contribution >= 0.6 is 0 Å². The zero-order valence-electron chi connectivity index (χ0n) is 31.0. The number of rotatable bonds is 3. The van der Waals surface area contributed by atoms with E-state index in [1.807, 2.05) is 36.4 Å². The van der Waals surface area contributed by atoms with Crippen LogP contribution in [-0.4, -0.2) is 82.1 Å². The molecule has 2 N–H and O–H groups in total. The molecule has 3 aliphatic carbocycles. The average molecular weight is 762 g/mol. The van der Waals surface area contributed by atoms with Crippen LogP contribution in [0.25, 0.3) is 11.0 Å². The number of hydrogen-bond donors (Lipinski definition) is 2. The molecule has 8 rings (SSSR count). The van der Waals surface area contributed by atoms with E-state index in [-0.39, 0.29) is 37.8 Å². The van der Waals surface area contributed by atoms with Crippen molar-refractivity contribution in [2.24, 2.45) is 17.8 Å². The highest BCUT2D eigenvalue weighted by Crippen LogP contribution is 2.48. The van der Waals surface area contributed by atoms with Gasteiger partial charge >= 0.3 is 5.97 Å². The minimum absolute atomic E-state index is 0.0658. The van der Waals surface area contributed by atoms with Crippen molar-refractivity contribution in [1.82, 2.24) is 24.9 Å². The fourth-order valence-electron chi connectivity index (χ4n) is 8.48. The first-order valence-electron chi connectivity index (χ1n) is 19.9. The number of aromatic nitrogens is 2. The van der Waals surface area contributed by atoms with Crippen LogP contribution in [0, 0.1) is 17.8 Å². The Hall–Kier alpha value is -4.07. The lowest BCUT2D eigenvalue weighted by molar-refractivity contribution is -0.151. The van der Waals surface area contributed by atoms with Gasteiger partial charge in [0.2, 0.25) is 27.7 Å². The number of amides is 3. The number of carbonyl (C=O) groups excluding carboxylic acids is 4. The summed E-state index contributed by atoms with van der Waals surface area (Å²) < 4.78 is 40.1. The van der Waals surface area contributed by atoms with Gasteiger partial charge in [0.15, 0.2) is 0 Å². The number of nitrogens with zero attached hydrogens (tertiary/aromatic N) is 3. The van der Waals surface area contributed by atoms with Gasteiger partial charge in [-0.2, -0.15) is 0 Å². The summed E-state index contributed by atoms with van der Waals surface area (Å²) in [5.41, 5.74) is 0.678. The molecule has 0 unspecified atom stereocenters. The molecule has 290 valence electrons. The summed E-state index contributed by atoms with van der Waals surface area (Å²) in [6, 6.07) is 6.56. The smallest absolute Gasteiger partial charge is 0.306 e. The number of allylic oxidation sites excluding steroid dienone is 1. The van der Waals surface area contributed by atoms with E-state index in [1.165, 1.54) is 4.90 Å². The summed E-state index contributed by atoms with van der Waals surface area (Å²) >= 11 is 0. The molecule has 54 heavy (non-hydrogen) atoms. The van der Waals surface area contributed by atoms with Gasteiger partial charge < -0.3 is 19.7 Å². The van der Waals surface area contributed by atoms with Crippen molar-refractivity contribution in [3.05, 3.63) is 42.1 Å². The molecule has 1 aromatic heterocycles. The Balaban J connectivity index is 1.12. The van der Waals surface area contributed by atoms with Crippen molar-refractivity contribution in [3.63, 3.8) is 0 Å².